The molecule has 1 aliphatic rings. The molecule has 4 heterocycles. The minimum atomic E-state index is -0.268. The number of fused-ring (bicyclic) bond motifs is 1. The summed E-state index contributed by atoms with van der Waals surface area (Å²) in [6.45, 7) is 4.97. The van der Waals surface area contributed by atoms with E-state index >= 15 is 0 Å². The third-order valence-corrected chi connectivity index (χ3v) is 5.97. The lowest BCUT2D eigenvalue weighted by Crippen LogP contribution is -2.47. The van der Waals surface area contributed by atoms with E-state index in [0.717, 1.165) is 61.8 Å². The van der Waals surface area contributed by atoms with Crippen molar-refractivity contribution < 1.29 is 9.21 Å². The van der Waals surface area contributed by atoms with Crippen LogP contribution in [0.15, 0.2) is 65.4 Å². The zero-order valence-corrected chi connectivity index (χ0v) is 18.1. The lowest BCUT2D eigenvalue weighted by molar-refractivity contribution is 0.0996. The number of rotatable bonds is 6. The van der Waals surface area contributed by atoms with Gasteiger partial charge in [-0.1, -0.05) is 6.07 Å². The highest BCUT2D eigenvalue weighted by atomic mass is 16.3. The number of anilines is 2. The highest BCUT2D eigenvalue weighted by molar-refractivity contribution is 6.03. The van der Waals surface area contributed by atoms with E-state index in [9.17, 15) is 4.79 Å². The average Bonchev–Trinajstić information content (AvgIpc) is 3.47. The molecule has 0 atom stereocenters. The highest BCUT2D eigenvalue weighted by Gasteiger charge is 2.19. The Kier molecular flexibility index (Phi) is 5.60. The fraction of sp³-hybridized carbons (Fsp3) is 0.292. The molecule has 1 aromatic carbocycles. The summed E-state index contributed by atoms with van der Waals surface area (Å²) in [6, 6.07) is 15.2. The summed E-state index contributed by atoms with van der Waals surface area (Å²) in [7, 11) is 2.05. The molecule has 4 aromatic rings. The van der Waals surface area contributed by atoms with Crippen LogP contribution in [0.25, 0.3) is 11.0 Å². The first-order valence-electron chi connectivity index (χ1n) is 10.9. The molecule has 8 heteroatoms. The normalized spacial score (nSPS) is 14.7. The second-order valence-corrected chi connectivity index (χ2v) is 7.99. The third-order valence-electron chi connectivity index (χ3n) is 5.97. The number of hydrogen-bond donors (Lipinski definition) is 1. The van der Waals surface area contributed by atoms with Crippen LogP contribution in [0.3, 0.4) is 0 Å². The number of aromatic nitrogens is 3. The molecular weight excluding hydrogens is 404 g/mol. The number of imidazole rings is 1. The average molecular weight is 431 g/mol. The lowest BCUT2D eigenvalue weighted by Gasteiger charge is -2.35. The zero-order valence-electron chi connectivity index (χ0n) is 18.1. The maximum absolute atomic E-state index is 12.2. The topological polar surface area (TPSA) is 79.4 Å². The summed E-state index contributed by atoms with van der Waals surface area (Å²) in [4.78, 5) is 26.3. The molecule has 0 saturated carbocycles. The first kappa shape index (κ1) is 20.3. The zero-order chi connectivity index (χ0) is 21.9. The molecular formula is C24H26N6O2. The van der Waals surface area contributed by atoms with Crippen molar-refractivity contribution >= 4 is 28.4 Å². The Bertz CT molecular complexity index is 1190. The van der Waals surface area contributed by atoms with Crippen molar-refractivity contribution in [3.05, 3.63) is 72.6 Å². The summed E-state index contributed by atoms with van der Waals surface area (Å²) in [5, 5.41) is 2.87. The van der Waals surface area contributed by atoms with Crippen molar-refractivity contribution in [1.82, 2.24) is 19.4 Å². The van der Waals surface area contributed by atoms with Crippen molar-refractivity contribution in [2.24, 2.45) is 7.05 Å². The molecule has 0 aliphatic carbocycles. The van der Waals surface area contributed by atoms with Gasteiger partial charge in [0.25, 0.3) is 5.91 Å². The molecule has 1 N–H and O–H groups in total. The van der Waals surface area contributed by atoms with Crippen molar-refractivity contribution in [3.8, 4) is 0 Å². The second kappa shape index (κ2) is 8.84. The Morgan fingerprint density at radius 1 is 1.09 bits per heavy atom. The summed E-state index contributed by atoms with van der Waals surface area (Å²) in [5.74, 6) is 2.12. The molecule has 164 valence electrons. The number of carbonyl (C=O) groups excluding carboxylic acids is 1. The molecule has 1 saturated heterocycles. The number of amides is 1. The fourth-order valence-corrected chi connectivity index (χ4v) is 4.15. The third kappa shape index (κ3) is 4.22. The van der Waals surface area contributed by atoms with Crippen molar-refractivity contribution in [3.63, 3.8) is 0 Å². The minimum absolute atomic E-state index is 0.268. The van der Waals surface area contributed by atoms with Gasteiger partial charge in [0, 0.05) is 58.1 Å². The number of hydrogen-bond acceptors (Lipinski definition) is 6. The van der Waals surface area contributed by atoms with E-state index in [4.69, 9.17) is 9.40 Å². The molecule has 0 spiro atoms. The second-order valence-electron chi connectivity index (χ2n) is 7.99. The fourth-order valence-electron chi connectivity index (χ4n) is 4.15. The van der Waals surface area contributed by atoms with E-state index in [-0.39, 0.29) is 11.7 Å². The predicted octanol–water partition coefficient (Wildman–Crippen LogP) is 3.18. The van der Waals surface area contributed by atoms with Gasteiger partial charge >= 0.3 is 0 Å². The molecule has 1 aliphatic heterocycles. The van der Waals surface area contributed by atoms with E-state index in [2.05, 4.69) is 30.7 Å². The first-order valence-corrected chi connectivity index (χ1v) is 10.9. The molecule has 8 nitrogen and oxygen atoms in total. The minimum Gasteiger partial charge on any atom is -0.459 e. The highest BCUT2D eigenvalue weighted by Crippen LogP contribution is 2.21. The standard InChI is InChI=1S/C24H26N6O2/c1-28-20-8-7-18(26-24(31)21-5-4-16-32-21)17-19(20)27-23(28)9-11-29-12-14-30(15-13-29)22-6-2-3-10-25-22/h2-8,10,16-17H,9,11-15H2,1H3,(H,26,31). The van der Waals surface area contributed by atoms with Gasteiger partial charge in [-0.05, 0) is 42.5 Å². The Hall–Kier alpha value is -3.65. The van der Waals surface area contributed by atoms with Crippen LogP contribution in [0, 0.1) is 0 Å². The maximum atomic E-state index is 12.2. The molecule has 0 bridgehead atoms. The van der Waals surface area contributed by atoms with Gasteiger partial charge in [-0.25, -0.2) is 9.97 Å². The molecule has 32 heavy (non-hydrogen) atoms. The molecule has 0 unspecified atom stereocenters. The van der Waals surface area contributed by atoms with Crippen LogP contribution in [0.5, 0.6) is 0 Å². The number of pyridine rings is 1. The number of aryl methyl sites for hydroxylation is 1. The van der Waals surface area contributed by atoms with E-state index in [1.54, 1.807) is 12.1 Å². The van der Waals surface area contributed by atoms with Crippen molar-refractivity contribution in [2.75, 3.05) is 42.9 Å². The Morgan fingerprint density at radius 3 is 2.72 bits per heavy atom. The van der Waals surface area contributed by atoms with Gasteiger partial charge < -0.3 is 19.2 Å². The Balaban J connectivity index is 1.20. The number of nitrogens with one attached hydrogen (secondary N) is 1. The number of piperazine rings is 1. The smallest absolute Gasteiger partial charge is 0.291 e. The van der Waals surface area contributed by atoms with Gasteiger partial charge in [-0.3, -0.25) is 9.69 Å². The van der Waals surface area contributed by atoms with Crippen LogP contribution in [0.1, 0.15) is 16.4 Å². The number of benzene rings is 1. The van der Waals surface area contributed by atoms with Gasteiger partial charge in [0.05, 0.1) is 17.3 Å². The van der Waals surface area contributed by atoms with Crippen molar-refractivity contribution in [1.29, 1.82) is 0 Å². The van der Waals surface area contributed by atoms with E-state index in [1.165, 1.54) is 6.26 Å². The summed E-state index contributed by atoms with van der Waals surface area (Å²) in [6.07, 6.45) is 4.21. The quantitative estimate of drug-likeness (QED) is 0.506. The molecule has 1 amide bonds. The van der Waals surface area contributed by atoms with E-state index in [0.29, 0.717) is 5.69 Å². The monoisotopic (exact) mass is 430 g/mol. The number of carbonyl (C=O) groups is 1. The Labute approximate surface area is 186 Å². The number of furan rings is 1. The predicted molar refractivity (Wildman–Crippen MR) is 124 cm³/mol. The van der Waals surface area contributed by atoms with Gasteiger partial charge in [0.2, 0.25) is 0 Å². The summed E-state index contributed by atoms with van der Waals surface area (Å²) in [5.41, 5.74) is 2.63. The summed E-state index contributed by atoms with van der Waals surface area (Å²) >= 11 is 0. The van der Waals surface area contributed by atoms with Crippen LogP contribution in [0.4, 0.5) is 11.5 Å². The van der Waals surface area contributed by atoms with Crippen LogP contribution >= 0.6 is 0 Å². The maximum Gasteiger partial charge on any atom is 0.291 e. The van der Waals surface area contributed by atoms with E-state index < -0.39 is 0 Å². The molecule has 3 aromatic heterocycles. The van der Waals surface area contributed by atoms with Gasteiger partial charge in [-0.2, -0.15) is 0 Å². The Morgan fingerprint density at radius 2 is 1.97 bits per heavy atom. The van der Waals surface area contributed by atoms with Gasteiger partial charge in [-0.15, -0.1) is 0 Å². The summed E-state index contributed by atoms with van der Waals surface area (Å²) < 4.78 is 7.29. The number of nitrogens with zero attached hydrogens (tertiary/aromatic N) is 5. The van der Waals surface area contributed by atoms with Crippen LogP contribution in [-0.2, 0) is 13.5 Å². The molecule has 5 rings (SSSR count). The lowest BCUT2D eigenvalue weighted by atomic mass is 10.2. The van der Waals surface area contributed by atoms with Crippen LogP contribution in [0.2, 0.25) is 0 Å². The molecule has 1 fully saturated rings. The molecule has 0 radical (unpaired) electrons. The van der Waals surface area contributed by atoms with E-state index in [1.807, 2.05) is 43.6 Å². The van der Waals surface area contributed by atoms with Gasteiger partial charge in [0.15, 0.2) is 5.76 Å². The first-order chi connectivity index (χ1) is 15.7. The van der Waals surface area contributed by atoms with Crippen LogP contribution < -0.4 is 10.2 Å². The van der Waals surface area contributed by atoms with Crippen LogP contribution in [-0.4, -0.2) is 58.1 Å². The SMILES string of the molecule is Cn1c(CCN2CCN(c3ccccn3)CC2)nc2cc(NC(=O)c3ccco3)ccc21. The van der Waals surface area contributed by atoms with Gasteiger partial charge in [0.1, 0.15) is 11.6 Å². The largest absolute Gasteiger partial charge is 0.459 e. The van der Waals surface area contributed by atoms with Crippen molar-refractivity contribution in [2.45, 2.75) is 6.42 Å².